The normalized spacial score (nSPS) is 14.1. The highest BCUT2D eigenvalue weighted by molar-refractivity contribution is 5.82. The molecule has 0 radical (unpaired) electrons. The summed E-state index contributed by atoms with van der Waals surface area (Å²) in [4.78, 5) is 23.3. The summed E-state index contributed by atoms with van der Waals surface area (Å²) < 4.78 is 21.8. The summed E-state index contributed by atoms with van der Waals surface area (Å²) >= 11 is 0. The first-order valence-electron chi connectivity index (χ1n) is 12.2. The van der Waals surface area contributed by atoms with E-state index >= 15 is 0 Å². The van der Waals surface area contributed by atoms with Crippen LogP contribution >= 0.6 is 0 Å². The third-order valence-electron chi connectivity index (χ3n) is 5.99. The van der Waals surface area contributed by atoms with Crippen LogP contribution in [-0.4, -0.2) is 49.4 Å². The first kappa shape index (κ1) is 24.4. The number of pyridine rings is 2. The number of halogens is 1. The van der Waals surface area contributed by atoms with Crippen LogP contribution in [0.4, 0.5) is 20.7 Å². The molecule has 1 aromatic carbocycles. The average Bonchev–Trinajstić information content (AvgIpc) is 3.40. The van der Waals surface area contributed by atoms with Crippen molar-refractivity contribution in [2.24, 2.45) is 0 Å². The fraction of sp³-hybridized carbons (Fsp3) is 0.286. The highest BCUT2D eigenvalue weighted by Gasteiger charge is 2.24. The first-order valence-corrected chi connectivity index (χ1v) is 12.2. The monoisotopic (exact) mass is 500 g/mol. The molecular weight excluding hydrogens is 471 g/mol. The van der Waals surface area contributed by atoms with Gasteiger partial charge in [-0.1, -0.05) is 5.57 Å². The standard InChI is InChI=1S/C28H29FN6O2/c1-28(2,3)37-27(36)34-13-9-19(10-14-34)15-21-6-5-20-18-30-26(17-25(20)32-21)33-24-8-7-22(16-23(24)29)35-12-4-11-31-35/h4-8,11-12,15-18H,9-10,13-14H2,1-3H3,(H,30,33). The van der Waals surface area contributed by atoms with Crippen molar-refractivity contribution in [3.63, 3.8) is 0 Å². The van der Waals surface area contributed by atoms with E-state index in [1.54, 1.807) is 46.4 Å². The summed E-state index contributed by atoms with van der Waals surface area (Å²) in [6.07, 6.45) is 8.48. The Morgan fingerprint density at radius 2 is 1.95 bits per heavy atom. The van der Waals surface area contributed by atoms with Crippen LogP contribution in [0.5, 0.6) is 0 Å². The van der Waals surface area contributed by atoms with Crippen molar-refractivity contribution in [1.82, 2.24) is 24.6 Å². The molecule has 4 heterocycles. The van der Waals surface area contributed by atoms with Gasteiger partial charge in [0.25, 0.3) is 0 Å². The van der Waals surface area contributed by atoms with Gasteiger partial charge in [-0.15, -0.1) is 0 Å². The summed E-state index contributed by atoms with van der Waals surface area (Å²) in [5.41, 5.74) is 3.28. The van der Waals surface area contributed by atoms with Gasteiger partial charge in [-0.25, -0.2) is 23.8 Å². The summed E-state index contributed by atoms with van der Waals surface area (Å²) in [6, 6.07) is 12.4. The van der Waals surface area contributed by atoms with Crippen LogP contribution in [0.3, 0.4) is 0 Å². The molecule has 0 atom stereocenters. The van der Waals surface area contributed by atoms with Gasteiger partial charge < -0.3 is 15.0 Å². The van der Waals surface area contributed by atoms with Crippen molar-refractivity contribution in [3.8, 4) is 5.69 Å². The number of amides is 1. The maximum absolute atomic E-state index is 14.7. The Balaban J connectivity index is 1.28. The summed E-state index contributed by atoms with van der Waals surface area (Å²) in [7, 11) is 0. The number of carbonyl (C=O) groups is 1. The lowest BCUT2D eigenvalue weighted by Crippen LogP contribution is -2.40. The summed E-state index contributed by atoms with van der Waals surface area (Å²) in [6.45, 7) is 6.86. The number of aromatic nitrogens is 4. The third-order valence-corrected chi connectivity index (χ3v) is 5.99. The van der Waals surface area contributed by atoms with E-state index < -0.39 is 11.4 Å². The van der Waals surface area contributed by atoms with Gasteiger partial charge in [-0.2, -0.15) is 5.10 Å². The minimum atomic E-state index is -0.500. The second kappa shape index (κ2) is 10.0. The molecule has 9 heteroatoms. The van der Waals surface area contributed by atoms with E-state index in [0.29, 0.717) is 30.3 Å². The molecule has 37 heavy (non-hydrogen) atoms. The number of piperidine rings is 1. The van der Waals surface area contributed by atoms with E-state index in [0.717, 1.165) is 29.4 Å². The summed E-state index contributed by atoms with van der Waals surface area (Å²) in [5, 5.41) is 8.07. The quantitative estimate of drug-likeness (QED) is 0.364. The van der Waals surface area contributed by atoms with Crippen molar-refractivity contribution in [2.75, 3.05) is 18.4 Å². The average molecular weight is 501 g/mol. The Bertz CT molecular complexity index is 1450. The van der Waals surface area contributed by atoms with Gasteiger partial charge in [0, 0.05) is 49.2 Å². The van der Waals surface area contributed by atoms with Crippen molar-refractivity contribution < 1.29 is 13.9 Å². The third kappa shape index (κ3) is 5.94. The van der Waals surface area contributed by atoms with E-state index in [2.05, 4.69) is 21.5 Å². The molecule has 1 saturated heterocycles. The molecule has 3 aromatic heterocycles. The van der Waals surface area contributed by atoms with Gasteiger partial charge in [0.2, 0.25) is 0 Å². The van der Waals surface area contributed by atoms with Gasteiger partial charge in [0.15, 0.2) is 0 Å². The lowest BCUT2D eigenvalue weighted by Gasteiger charge is -2.31. The Labute approximate surface area is 214 Å². The number of likely N-dealkylation sites (tertiary alicyclic amines) is 1. The number of hydrogen-bond acceptors (Lipinski definition) is 6. The molecule has 0 unspecified atom stereocenters. The number of benzene rings is 1. The first-order chi connectivity index (χ1) is 17.7. The molecule has 8 nitrogen and oxygen atoms in total. The van der Waals surface area contributed by atoms with Crippen LogP contribution in [0.25, 0.3) is 22.7 Å². The summed E-state index contributed by atoms with van der Waals surface area (Å²) in [5.74, 6) is 0.0975. The predicted molar refractivity (Wildman–Crippen MR) is 141 cm³/mol. The van der Waals surface area contributed by atoms with Crippen LogP contribution in [0.1, 0.15) is 39.3 Å². The van der Waals surface area contributed by atoms with E-state index in [-0.39, 0.29) is 6.09 Å². The molecule has 1 N–H and O–H groups in total. The Hall–Kier alpha value is -4.27. The molecule has 4 aromatic rings. The Morgan fingerprint density at radius 1 is 1.14 bits per heavy atom. The largest absolute Gasteiger partial charge is 0.444 e. The number of rotatable bonds is 4. The highest BCUT2D eigenvalue weighted by Crippen LogP contribution is 2.25. The maximum Gasteiger partial charge on any atom is 0.410 e. The zero-order valence-electron chi connectivity index (χ0n) is 21.1. The number of anilines is 2. The molecule has 1 aliphatic heterocycles. The van der Waals surface area contributed by atoms with E-state index in [9.17, 15) is 9.18 Å². The fourth-order valence-corrected chi connectivity index (χ4v) is 4.14. The van der Waals surface area contributed by atoms with E-state index in [1.807, 2.05) is 39.0 Å². The number of nitrogens with one attached hydrogen (secondary N) is 1. The van der Waals surface area contributed by atoms with Gasteiger partial charge in [0.1, 0.15) is 17.2 Å². The van der Waals surface area contributed by atoms with Crippen LogP contribution in [0.15, 0.2) is 66.6 Å². The van der Waals surface area contributed by atoms with Crippen LogP contribution < -0.4 is 5.32 Å². The zero-order valence-corrected chi connectivity index (χ0v) is 21.1. The fourth-order valence-electron chi connectivity index (χ4n) is 4.14. The number of hydrogen-bond donors (Lipinski definition) is 1. The van der Waals surface area contributed by atoms with Gasteiger partial charge in [0.05, 0.1) is 22.6 Å². The van der Waals surface area contributed by atoms with Crippen molar-refractivity contribution in [2.45, 2.75) is 39.2 Å². The molecule has 1 fully saturated rings. The molecule has 190 valence electrons. The highest BCUT2D eigenvalue weighted by atomic mass is 19.1. The van der Waals surface area contributed by atoms with Crippen molar-refractivity contribution in [1.29, 1.82) is 0 Å². The van der Waals surface area contributed by atoms with E-state index in [4.69, 9.17) is 9.72 Å². The topological polar surface area (TPSA) is 85.2 Å². The van der Waals surface area contributed by atoms with Gasteiger partial charge >= 0.3 is 6.09 Å². The molecule has 0 saturated carbocycles. The lowest BCUT2D eigenvalue weighted by molar-refractivity contribution is 0.0237. The second-order valence-electron chi connectivity index (χ2n) is 10.0. The lowest BCUT2D eigenvalue weighted by atomic mass is 10.0. The van der Waals surface area contributed by atoms with Crippen LogP contribution in [0, 0.1) is 5.82 Å². The molecule has 5 rings (SSSR count). The van der Waals surface area contributed by atoms with E-state index in [1.165, 1.54) is 11.6 Å². The van der Waals surface area contributed by atoms with Crippen molar-refractivity contribution >= 4 is 34.6 Å². The van der Waals surface area contributed by atoms with Crippen molar-refractivity contribution in [3.05, 3.63) is 78.1 Å². The zero-order chi connectivity index (χ0) is 26.0. The second-order valence-corrected chi connectivity index (χ2v) is 10.0. The SMILES string of the molecule is CC(C)(C)OC(=O)N1CCC(=Cc2ccc3cnc(Nc4ccc(-n5cccn5)cc4F)cc3n2)CC1. The number of carbonyl (C=O) groups excluding carboxylic acids is 1. The Kier molecular flexibility index (Phi) is 6.60. The number of fused-ring (bicyclic) bond motifs is 1. The van der Waals surface area contributed by atoms with Crippen LogP contribution in [-0.2, 0) is 4.74 Å². The minimum absolute atomic E-state index is 0.268. The van der Waals surface area contributed by atoms with Gasteiger partial charge in [-0.05, 0) is 70.0 Å². The molecule has 0 aliphatic carbocycles. The predicted octanol–water partition coefficient (Wildman–Crippen LogP) is 6.11. The Morgan fingerprint density at radius 3 is 2.65 bits per heavy atom. The smallest absolute Gasteiger partial charge is 0.410 e. The molecule has 0 spiro atoms. The van der Waals surface area contributed by atoms with Crippen LogP contribution in [0.2, 0.25) is 0 Å². The molecule has 1 aliphatic rings. The molecule has 0 bridgehead atoms. The number of ether oxygens (including phenoxy) is 1. The molecule has 1 amide bonds. The minimum Gasteiger partial charge on any atom is -0.444 e. The van der Waals surface area contributed by atoms with Gasteiger partial charge in [-0.3, -0.25) is 0 Å². The maximum atomic E-state index is 14.7. The number of nitrogens with zero attached hydrogens (tertiary/aromatic N) is 5. The molecular formula is C28H29FN6O2.